The van der Waals surface area contributed by atoms with E-state index in [4.69, 9.17) is 4.74 Å². The van der Waals surface area contributed by atoms with Crippen LogP contribution in [0.5, 0.6) is 6.01 Å². The number of hydrogen-bond acceptors (Lipinski definition) is 6. The molecule has 3 rings (SSSR count). The summed E-state index contributed by atoms with van der Waals surface area (Å²) in [7, 11) is 0. The number of aryl methyl sites for hydroxylation is 1. The maximum atomic E-state index is 5.71. The Morgan fingerprint density at radius 3 is 2.61 bits per heavy atom. The van der Waals surface area contributed by atoms with Crippen LogP contribution in [0.1, 0.15) is 25.3 Å². The van der Waals surface area contributed by atoms with Crippen LogP contribution in [-0.4, -0.2) is 39.6 Å². The van der Waals surface area contributed by atoms with Crippen molar-refractivity contribution in [2.45, 2.75) is 26.2 Å². The van der Waals surface area contributed by atoms with Crippen LogP contribution in [0.15, 0.2) is 29.3 Å². The van der Waals surface area contributed by atoms with E-state index in [1.54, 1.807) is 12.4 Å². The van der Waals surface area contributed by atoms with Crippen LogP contribution in [-0.2, 0) is 6.42 Å². The Kier molecular flexibility index (Phi) is 5.38. The minimum Gasteiger partial charge on any atom is -0.463 e. The maximum absolute atomic E-state index is 5.71. The van der Waals surface area contributed by atoms with Gasteiger partial charge in [-0.25, -0.2) is 19.9 Å². The van der Waals surface area contributed by atoms with Gasteiger partial charge >= 0.3 is 6.01 Å². The molecule has 1 atom stereocenters. The summed E-state index contributed by atoms with van der Waals surface area (Å²) >= 11 is 3.32. The molecule has 1 fully saturated rings. The molecule has 0 saturated carbocycles. The second-order valence-electron chi connectivity index (χ2n) is 5.69. The molecule has 0 radical (unpaired) electrons. The molecular formula is C16H20BrN5O. The summed E-state index contributed by atoms with van der Waals surface area (Å²) in [5, 5.41) is 0. The van der Waals surface area contributed by atoms with E-state index < -0.39 is 0 Å². The van der Waals surface area contributed by atoms with Crippen molar-refractivity contribution >= 4 is 21.9 Å². The first-order valence-corrected chi connectivity index (χ1v) is 8.70. The highest BCUT2D eigenvalue weighted by molar-refractivity contribution is 9.10. The van der Waals surface area contributed by atoms with Gasteiger partial charge in [0.15, 0.2) is 0 Å². The Morgan fingerprint density at radius 2 is 1.91 bits per heavy atom. The van der Waals surface area contributed by atoms with E-state index in [9.17, 15) is 0 Å². The predicted octanol–water partition coefficient (Wildman–Crippen LogP) is 2.89. The van der Waals surface area contributed by atoms with Crippen molar-refractivity contribution in [1.82, 2.24) is 19.9 Å². The van der Waals surface area contributed by atoms with E-state index in [0.29, 0.717) is 18.5 Å². The zero-order valence-electron chi connectivity index (χ0n) is 13.2. The number of hydrogen-bond donors (Lipinski definition) is 0. The minimum absolute atomic E-state index is 0.425. The molecule has 0 bridgehead atoms. The van der Waals surface area contributed by atoms with Crippen molar-refractivity contribution in [1.29, 1.82) is 0 Å². The van der Waals surface area contributed by atoms with Gasteiger partial charge in [-0.05, 0) is 40.8 Å². The van der Waals surface area contributed by atoms with Gasteiger partial charge in [0, 0.05) is 43.8 Å². The van der Waals surface area contributed by atoms with E-state index >= 15 is 0 Å². The number of ether oxygens (including phenoxy) is 1. The smallest absolute Gasteiger partial charge is 0.316 e. The summed E-state index contributed by atoms with van der Waals surface area (Å²) in [5.41, 5.74) is 1.16. The fraction of sp³-hybridized carbons (Fsp3) is 0.500. The van der Waals surface area contributed by atoms with E-state index in [1.807, 2.05) is 12.4 Å². The van der Waals surface area contributed by atoms with E-state index in [0.717, 1.165) is 48.3 Å². The van der Waals surface area contributed by atoms with Crippen LogP contribution < -0.4 is 9.64 Å². The van der Waals surface area contributed by atoms with Crippen molar-refractivity contribution < 1.29 is 4.74 Å². The molecule has 0 amide bonds. The van der Waals surface area contributed by atoms with Crippen LogP contribution in [0.25, 0.3) is 0 Å². The third kappa shape index (κ3) is 4.37. The Labute approximate surface area is 144 Å². The van der Waals surface area contributed by atoms with Gasteiger partial charge in [-0.3, -0.25) is 0 Å². The Hall–Kier alpha value is -1.76. The Balaban J connectivity index is 1.56. The van der Waals surface area contributed by atoms with Crippen molar-refractivity contribution in [3.63, 3.8) is 0 Å². The SMILES string of the molecule is CCc1cnc(N2CCCC(COc3ncc(Br)cn3)C2)nc1. The van der Waals surface area contributed by atoms with Gasteiger partial charge in [0.05, 0.1) is 11.1 Å². The molecule has 1 aliphatic rings. The second-order valence-corrected chi connectivity index (χ2v) is 6.61. The lowest BCUT2D eigenvalue weighted by molar-refractivity contribution is 0.213. The quantitative estimate of drug-likeness (QED) is 0.797. The lowest BCUT2D eigenvalue weighted by Gasteiger charge is -2.32. The molecule has 1 unspecified atom stereocenters. The summed E-state index contributed by atoms with van der Waals surface area (Å²) in [6.07, 6.45) is 10.4. The predicted molar refractivity (Wildman–Crippen MR) is 91.6 cm³/mol. The topological polar surface area (TPSA) is 64.0 Å². The van der Waals surface area contributed by atoms with Gasteiger partial charge < -0.3 is 9.64 Å². The highest BCUT2D eigenvalue weighted by Crippen LogP contribution is 2.21. The highest BCUT2D eigenvalue weighted by Gasteiger charge is 2.22. The van der Waals surface area contributed by atoms with E-state index in [2.05, 4.69) is 47.7 Å². The molecule has 23 heavy (non-hydrogen) atoms. The highest BCUT2D eigenvalue weighted by atomic mass is 79.9. The molecule has 1 saturated heterocycles. The maximum Gasteiger partial charge on any atom is 0.316 e. The lowest BCUT2D eigenvalue weighted by atomic mass is 9.99. The van der Waals surface area contributed by atoms with Gasteiger partial charge in [-0.1, -0.05) is 6.92 Å². The summed E-state index contributed by atoms with van der Waals surface area (Å²) in [6, 6.07) is 0.425. The monoisotopic (exact) mass is 377 g/mol. The zero-order valence-corrected chi connectivity index (χ0v) is 14.7. The fourth-order valence-electron chi connectivity index (χ4n) is 2.64. The van der Waals surface area contributed by atoms with Crippen LogP contribution in [0.2, 0.25) is 0 Å². The minimum atomic E-state index is 0.425. The number of rotatable bonds is 5. The number of nitrogens with zero attached hydrogens (tertiary/aromatic N) is 5. The molecule has 0 aromatic carbocycles. The molecule has 2 aromatic heterocycles. The molecule has 6 nitrogen and oxygen atoms in total. The van der Waals surface area contributed by atoms with Crippen LogP contribution >= 0.6 is 15.9 Å². The summed E-state index contributed by atoms with van der Waals surface area (Å²) in [6.45, 7) is 4.63. The average Bonchev–Trinajstić information content (AvgIpc) is 2.61. The molecule has 2 aromatic rings. The molecule has 0 aliphatic carbocycles. The van der Waals surface area contributed by atoms with Gasteiger partial charge in [0.25, 0.3) is 0 Å². The molecular weight excluding hydrogens is 358 g/mol. The summed E-state index contributed by atoms with van der Waals surface area (Å²) < 4.78 is 6.56. The van der Waals surface area contributed by atoms with E-state index in [-0.39, 0.29) is 0 Å². The summed E-state index contributed by atoms with van der Waals surface area (Å²) in [4.78, 5) is 19.5. The molecule has 0 spiro atoms. The van der Waals surface area contributed by atoms with E-state index in [1.165, 1.54) is 0 Å². The van der Waals surface area contributed by atoms with Crippen LogP contribution in [0.3, 0.4) is 0 Å². The second kappa shape index (κ2) is 7.68. The van der Waals surface area contributed by atoms with Crippen molar-refractivity contribution in [3.05, 3.63) is 34.8 Å². The largest absolute Gasteiger partial charge is 0.463 e. The number of aromatic nitrogens is 4. The number of anilines is 1. The lowest BCUT2D eigenvalue weighted by Crippen LogP contribution is -2.38. The standard InChI is InChI=1S/C16H20BrN5O/c1-2-12-6-18-15(19-7-12)22-5-3-4-13(10-22)11-23-16-20-8-14(17)9-21-16/h6-9,13H,2-5,10-11H2,1H3. The molecule has 0 N–H and O–H groups in total. The van der Waals surface area contributed by atoms with Crippen LogP contribution in [0, 0.1) is 5.92 Å². The Morgan fingerprint density at radius 1 is 1.17 bits per heavy atom. The molecule has 1 aliphatic heterocycles. The van der Waals surface area contributed by atoms with Crippen molar-refractivity contribution in [2.75, 3.05) is 24.6 Å². The summed E-state index contributed by atoms with van der Waals surface area (Å²) in [5.74, 6) is 1.25. The van der Waals surface area contributed by atoms with Gasteiger partial charge in [-0.2, -0.15) is 0 Å². The number of halogens is 1. The first-order valence-electron chi connectivity index (χ1n) is 7.91. The van der Waals surface area contributed by atoms with Gasteiger partial charge in [0.1, 0.15) is 0 Å². The fourth-order valence-corrected chi connectivity index (χ4v) is 2.85. The third-order valence-corrected chi connectivity index (χ3v) is 4.36. The van der Waals surface area contributed by atoms with Crippen molar-refractivity contribution in [2.24, 2.45) is 5.92 Å². The Bertz CT molecular complexity index is 619. The average molecular weight is 378 g/mol. The molecule has 7 heteroatoms. The molecule has 3 heterocycles. The van der Waals surface area contributed by atoms with Gasteiger partial charge in [-0.15, -0.1) is 0 Å². The first kappa shape index (κ1) is 16.1. The third-order valence-electron chi connectivity index (χ3n) is 3.95. The van der Waals surface area contributed by atoms with Gasteiger partial charge in [0.2, 0.25) is 5.95 Å². The first-order chi connectivity index (χ1) is 11.2. The normalized spacial score (nSPS) is 18.0. The molecule has 122 valence electrons. The van der Waals surface area contributed by atoms with Crippen LogP contribution in [0.4, 0.5) is 5.95 Å². The zero-order chi connectivity index (χ0) is 16.1. The number of piperidine rings is 1. The van der Waals surface area contributed by atoms with Crippen molar-refractivity contribution in [3.8, 4) is 6.01 Å².